The highest BCUT2D eigenvalue weighted by atomic mass is 19.4. The molecule has 2 aliphatic rings. The molecular formula is C22H21F4NO3. The second-order valence-electron chi connectivity index (χ2n) is 7.67. The Morgan fingerprint density at radius 2 is 1.93 bits per heavy atom. The van der Waals surface area contributed by atoms with E-state index in [-0.39, 0.29) is 11.5 Å². The Kier molecular flexibility index (Phi) is 5.10. The van der Waals surface area contributed by atoms with Crippen LogP contribution in [0.5, 0.6) is 0 Å². The third-order valence-corrected chi connectivity index (χ3v) is 5.93. The van der Waals surface area contributed by atoms with E-state index in [9.17, 15) is 27.5 Å². The zero-order valence-corrected chi connectivity index (χ0v) is 16.2. The number of methoxy groups -OCH3 is 1. The number of rotatable bonds is 3. The fourth-order valence-electron chi connectivity index (χ4n) is 4.30. The zero-order valence-electron chi connectivity index (χ0n) is 16.2. The highest BCUT2D eigenvalue weighted by molar-refractivity contribution is 5.98. The molecule has 0 fully saturated rings. The maximum absolute atomic E-state index is 14.4. The van der Waals surface area contributed by atoms with E-state index in [1.165, 1.54) is 24.1 Å². The molecule has 4 rings (SSSR count). The predicted molar refractivity (Wildman–Crippen MR) is 102 cm³/mol. The van der Waals surface area contributed by atoms with Crippen molar-refractivity contribution >= 4 is 11.6 Å². The number of hydrogen-bond donors (Lipinski definition) is 1. The van der Waals surface area contributed by atoms with Crippen LogP contribution >= 0.6 is 0 Å². The summed E-state index contributed by atoms with van der Waals surface area (Å²) in [5.41, 5.74) is -2.70. The molecule has 1 aliphatic heterocycles. The number of aliphatic hydroxyl groups is 1. The summed E-state index contributed by atoms with van der Waals surface area (Å²) in [6.07, 6.45) is -6.88. The molecule has 0 saturated carbocycles. The maximum Gasteiger partial charge on any atom is 0.424 e. The molecule has 1 unspecified atom stereocenters. The number of nitrogens with zero attached hydrogens (tertiary/aromatic N) is 1. The lowest BCUT2D eigenvalue weighted by atomic mass is 9.70. The first-order valence-electron chi connectivity index (χ1n) is 9.69. The van der Waals surface area contributed by atoms with Crippen LogP contribution in [0.4, 0.5) is 23.2 Å². The van der Waals surface area contributed by atoms with Gasteiger partial charge >= 0.3 is 6.18 Å². The van der Waals surface area contributed by atoms with Crippen LogP contribution < -0.4 is 4.90 Å². The molecule has 1 amide bonds. The van der Waals surface area contributed by atoms with Gasteiger partial charge in [-0.15, -0.1) is 0 Å². The lowest BCUT2D eigenvalue weighted by Gasteiger charge is -2.44. The summed E-state index contributed by atoms with van der Waals surface area (Å²) in [5.74, 6) is -0.368. The van der Waals surface area contributed by atoms with Crippen molar-refractivity contribution < 1.29 is 32.2 Å². The Bertz CT molecular complexity index is 963. The van der Waals surface area contributed by atoms with Crippen molar-refractivity contribution in [1.29, 1.82) is 0 Å². The Hall–Kier alpha value is -2.45. The number of benzene rings is 2. The molecule has 0 saturated heterocycles. The molecule has 8 heteroatoms. The quantitative estimate of drug-likeness (QED) is 0.739. The van der Waals surface area contributed by atoms with E-state index in [1.54, 1.807) is 24.3 Å². The summed E-state index contributed by atoms with van der Waals surface area (Å²) in [5, 5.41) is 9.99. The van der Waals surface area contributed by atoms with Crippen molar-refractivity contribution in [3.63, 3.8) is 0 Å². The van der Waals surface area contributed by atoms with E-state index in [1.807, 2.05) is 6.07 Å². The van der Waals surface area contributed by atoms with Crippen LogP contribution in [0.1, 0.15) is 47.4 Å². The van der Waals surface area contributed by atoms with E-state index in [0.29, 0.717) is 42.6 Å². The Labute approximate surface area is 171 Å². The molecule has 1 heterocycles. The molecule has 1 aliphatic carbocycles. The first-order valence-corrected chi connectivity index (χ1v) is 9.69. The Balaban J connectivity index is 1.75. The normalized spacial score (nSPS) is 24.3. The van der Waals surface area contributed by atoms with Gasteiger partial charge in [-0.1, -0.05) is 30.3 Å². The van der Waals surface area contributed by atoms with Crippen LogP contribution in [0.15, 0.2) is 42.5 Å². The maximum atomic E-state index is 14.4. The molecule has 2 aromatic carbocycles. The van der Waals surface area contributed by atoms with E-state index in [0.717, 1.165) is 0 Å². The zero-order chi connectivity index (χ0) is 21.7. The van der Waals surface area contributed by atoms with Gasteiger partial charge < -0.3 is 14.7 Å². The number of alkyl halides is 4. The van der Waals surface area contributed by atoms with E-state index in [4.69, 9.17) is 4.74 Å². The van der Waals surface area contributed by atoms with Crippen molar-refractivity contribution in [2.45, 2.75) is 43.3 Å². The molecule has 0 spiro atoms. The molecule has 1 N–H and O–H groups in total. The number of aryl methyl sites for hydroxylation is 1. The second-order valence-corrected chi connectivity index (χ2v) is 7.67. The van der Waals surface area contributed by atoms with Gasteiger partial charge in [-0.3, -0.25) is 4.79 Å². The van der Waals surface area contributed by atoms with Gasteiger partial charge in [-0.25, -0.2) is 4.39 Å². The highest BCUT2D eigenvalue weighted by Gasteiger charge is 2.68. The van der Waals surface area contributed by atoms with Crippen molar-refractivity contribution in [3.8, 4) is 0 Å². The van der Waals surface area contributed by atoms with Gasteiger partial charge in [0.05, 0.1) is 0 Å². The lowest BCUT2D eigenvalue weighted by Crippen LogP contribution is -2.53. The number of ether oxygens (including phenoxy) is 1. The summed E-state index contributed by atoms with van der Waals surface area (Å²) < 4.78 is 59.8. The third kappa shape index (κ3) is 3.01. The van der Waals surface area contributed by atoms with Gasteiger partial charge in [0.2, 0.25) is 5.60 Å². The van der Waals surface area contributed by atoms with Gasteiger partial charge in [0.25, 0.3) is 5.91 Å². The molecular weight excluding hydrogens is 402 g/mol. The molecule has 0 aromatic heterocycles. The van der Waals surface area contributed by atoms with Crippen molar-refractivity contribution in [3.05, 3.63) is 64.7 Å². The lowest BCUT2D eigenvalue weighted by molar-refractivity contribution is -0.302. The molecule has 30 heavy (non-hydrogen) atoms. The Morgan fingerprint density at radius 1 is 1.23 bits per heavy atom. The summed E-state index contributed by atoms with van der Waals surface area (Å²) in [6, 6.07) is 11.3. The van der Waals surface area contributed by atoms with Crippen LogP contribution in [0.2, 0.25) is 0 Å². The molecule has 3 atom stereocenters. The number of amides is 1. The van der Waals surface area contributed by atoms with Crippen LogP contribution in [-0.4, -0.2) is 30.8 Å². The number of halogens is 4. The van der Waals surface area contributed by atoms with Crippen molar-refractivity contribution in [2.24, 2.45) is 0 Å². The predicted octanol–water partition coefficient (Wildman–Crippen LogP) is 4.52. The largest absolute Gasteiger partial charge is 0.424 e. The molecule has 4 nitrogen and oxygen atoms in total. The molecule has 160 valence electrons. The summed E-state index contributed by atoms with van der Waals surface area (Å²) in [4.78, 5) is 14.8. The number of hydrogen-bond acceptors (Lipinski definition) is 3. The monoisotopic (exact) mass is 423 g/mol. The van der Waals surface area contributed by atoms with E-state index >= 15 is 0 Å². The van der Waals surface area contributed by atoms with E-state index in [2.05, 4.69) is 0 Å². The van der Waals surface area contributed by atoms with Gasteiger partial charge in [0, 0.05) is 24.9 Å². The number of anilines is 1. The van der Waals surface area contributed by atoms with Gasteiger partial charge in [-0.05, 0) is 48.1 Å². The number of carbonyl (C=O) groups excluding carboxylic acids is 1. The number of carbonyl (C=O) groups is 1. The average Bonchev–Trinajstić information content (AvgIpc) is 2.94. The first-order chi connectivity index (χ1) is 14.2. The third-order valence-electron chi connectivity index (χ3n) is 5.93. The average molecular weight is 423 g/mol. The minimum absolute atomic E-state index is 0.234. The van der Waals surface area contributed by atoms with Crippen molar-refractivity contribution in [2.75, 3.05) is 18.6 Å². The smallest absolute Gasteiger partial charge is 0.374 e. The Morgan fingerprint density at radius 3 is 2.57 bits per heavy atom. The van der Waals surface area contributed by atoms with Gasteiger partial charge in [0.1, 0.15) is 0 Å². The molecule has 0 bridgehead atoms. The number of fused-ring (bicyclic) bond motifs is 2. The summed E-state index contributed by atoms with van der Waals surface area (Å²) in [7, 11) is 1.41. The van der Waals surface area contributed by atoms with Crippen LogP contribution in [0.3, 0.4) is 0 Å². The first kappa shape index (κ1) is 20.8. The SMILES string of the molecule is CO[C@H](C(=O)N1CCCCc2cc3c(cc21)[C@@H](F)C3(O)C(F)(F)F)c1ccccc1. The topological polar surface area (TPSA) is 49.8 Å². The van der Waals surface area contributed by atoms with Crippen LogP contribution in [-0.2, 0) is 21.6 Å². The van der Waals surface area contributed by atoms with Crippen LogP contribution in [0.25, 0.3) is 0 Å². The minimum atomic E-state index is -5.12. The van der Waals surface area contributed by atoms with Crippen molar-refractivity contribution in [1.82, 2.24) is 0 Å². The van der Waals surface area contributed by atoms with E-state index < -0.39 is 29.6 Å². The minimum Gasteiger partial charge on any atom is -0.374 e. The van der Waals surface area contributed by atoms with Crippen LogP contribution in [0, 0.1) is 0 Å². The fourth-order valence-corrected chi connectivity index (χ4v) is 4.30. The van der Waals surface area contributed by atoms with Gasteiger partial charge in [-0.2, -0.15) is 13.2 Å². The molecule has 2 aromatic rings. The van der Waals surface area contributed by atoms with Gasteiger partial charge in [0.15, 0.2) is 12.3 Å². The summed E-state index contributed by atoms with van der Waals surface area (Å²) in [6.45, 7) is 0.345. The molecule has 0 radical (unpaired) electrons. The highest BCUT2D eigenvalue weighted by Crippen LogP contribution is 2.60. The summed E-state index contributed by atoms with van der Waals surface area (Å²) >= 11 is 0. The fraction of sp³-hybridized carbons (Fsp3) is 0.409. The second kappa shape index (κ2) is 7.35. The standard InChI is InChI=1S/C22H21F4NO3/c1-30-18(13-7-3-2-4-8-13)20(28)27-10-6-5-9-14-11-16-15(12-17(14)27)19(23)21(16,29)22(24,25)26/h2-4,7-8,11-12,18-19,29H,5-6,9-10H2,1H3/t18-,19+,21?/m0/s1.